The summed E-state index contributed by atoms with van der Waals surface area (Å²) in [6.45, 7) is -0.250. The number of carbonyl (C=O) groups is 1. The first-order valence-corrected chi connectivity index (χ1v) is 9.03. The van der Waals surface area contributed by atoms with Crippen LogP contribution in [0.25, 0.3) is 28.1 Å². The lowest BCUT2D eigenvalue weighted by atomic mass is 10.2. The Morgan fingerprint density at radius 1 is 1.25 bits per heavy atom. The molecule has 0 unspecified atom stereocenters. The second-order valence-corrected chi connectivity index (χ2v) is 6.59. The average molecular weight is 380 g/mol. The lowest BCUT2D eigenvalue weighted by Gasteiger charge is -2.16. The number of benzene rings is 1. The van der Waals surface area contributed by atoms with Gasteiger partial charge in [-0.05, 0) is 37.5 Å². The summed E-state index contributed by atoms with van der Waals surface area (Å²) in [4.78, 5) is 12.8. The monoisotopic (exact) mass is 380 g/mol. The molecule has 8 heteroatoms. The summed E-state index contributed by atoms with van der Waals surface area (Å²) in [6, 6.07) is 13.7. The molecule has 0 bridgehead atoms. The van der Waals surface area contributed by atoms with Gasteiger partial charge in [0.1, 0.15) is 17.4 Å². The van der Waals surface area contributed by atoms with E-state index in [9.17, 15) is 0 Å². The van der Waals surface area contributed by atoms with Gasteiger partial charge in [0.05, 0.1) is 6.20 Å². The van der Waals surface area contributed by atoms with Crippen molar-refractivity contribution >= 4 is 23.1 Å². The van der Waals surface area contributed by atoms with Gasteiger partial charge < -0.3 is 20.0 Å². The van der Waals surface area contributed by atoms with Crippen LogP contribution < -0.4 is 10.5 Å². The normalized spacial score (nSPS) is 18.8. The number of ether oxygens (including phenoxy) is 1. The van der Waals surface area contributed by atoms with Gasteiger partial charge in [-0.15, -0.1) is 5.10 Å². The zero-order chi connectivity index (χ0) is 19.5. The van der Waals surface area contributed by atoms with E-state index in [1.54, 1.807) is 10.7 Å². The van der Waals surface area contributed by atoms with Crippen molar-refractivity contribution in [2.24, 2.45) is 5.73 Å². The minimum Gasteiger partial charge on any atom is -0.483 e. The standard InChI is InChI=1S/C19H18N4O2.CH2O2/c20-13-5-3-7-16(13)25-19-9-8-18-21-11-14(23(18)22-19)17-10-12-4-1-2-6-15(12)24-17;2-1-3/h1-2,4,6,8-11,13,16H,3,5,7,20H2;1H,(H,2,3)/t13-,16+;/m0./s1. The van der Waals surface area contributed by atoms with Crippen LogP contribution in [0, 0.1) is 0 Å². The first kappa shape index (κ1) is 18.0. The Morgan fingerprint density at radius 2 is 2.07 bits per heavy atom. The zero-order valence-corrected chi connectivity index (χ0v) is 15.1. The van der Waals surface area contributed by atoms with E-state index in [2.05, 4.69) is 10.1 Å². The molecule has 1 aliphatic carbocycles. The highest BCUT2D eigenvalue weighted by Gasteiger charge is 2.26. The fourth-order valence-corrected chi connectivity index (χ4v) is 3.45. The van der Waals surface area contributed by atoms with Gasteiger partial charge in [0.2, 0.25) is 5.88 Å². The molecule has 5 rings (SSSR count). The molecule has 4 aromatic rings. The van der Waals surface area contributed by atoms with Gasteiger partial charge in [0.15, 0.2) is 11.4 Å². The molecule has 8 nitrogen and oxygen atoms in total. The molecule has 1 aliphatic rings. The maximum Gasteiger partial charge on any atom is 0.290 e. The Balaban J connectivity index is 0.000000604. The van der Waals surface area contributed by atoms with Gasteiger partial charge in [-0.3, -0.25) is 4.79 Å². The number of rotatable bonds is 3. The summed E-state index contributed by atoms with van der Waals surface area (Å²) >= 11 is 0. The van der Waals surface area contributed by atoms with Crippen LogP contribution in [0.3, 0.4) is 0 Å². The highest BCUT2D eigenvalue weighted by atomic mass is 16.5. The van der Waals surface area contributed by atoms with Gasteiger partial charge in [0.25, 0.3) is 6.47 Å². The molecule has 1 fully saturated rings. The van der Waals surface area contributed by atoms with Crippen LogP contribution in [0.15, 0.2) is 53.1 Å². The van der Waals surface area contributed by atoms with E-state index >= 15 is 0 Å². The fraction of sp³-hybridized carbons (Fsp3) is 0.250. The quantitative estimate of drug-likeness (QED) is 0.525. The van der Waals surface area contributed by atoms with Gasteiger partial charge in [0, 0.05) is 17.5 Å². The van der Waals surface area contributed by atoms with E-state index in [4.69, 9.17) is 24.8 Å². The van der Waals surface area contributed by atoms with Crippen molar-refractivity contribution in [1.29, 1.82) is 0 Å². The van der Waals surface area contributed by atoms with Crippen molar-refractivity contribution in [3.8, 4) is 17.3 Å². The number of para-hydroxylation sites is 1. The Labute approximate surface area is 160 Å². The molecule has 3 heterocycles. The Kier molecular flexibility index (Phi) is 4.94. The van der Waals surface area contributed by atoms with E-state index in [-0.39, 0.29) is 18.6 Å². The van der Waals surface area contributed by atoms with E-state index in [1.807, 2.05) is 42.5 Å². The number of carboxylic acid groups (broad SMARTS) is 1. The Bertz CT molecular complexity index is 1070. The number of nitrogens with zero attached hydrogens (tertiary/aromatic N) is 3. The summed E-state index contributed by atoms with van der Waals surface area (Å²) < 4.78 is 13.7. The molecule has 0 radical (unpaired) electrons. The Morgan fingerprint density at radius 3 is 2.82 bits per heavy atom. The molecule has 28 heavy (non-hydrogen) atoms. The molecule has 2 atom stereocenters. The van der Waals surface area contributed by atoms with E-state index < -0.39 is 0 Å². The summed E-state index contributed by atoms with van der Waals surface area (Å²) in [5.41, 5.74) is 8.49. The molecular weight excluding hydrogens is 360 g/mol. The lowest BCUT2D eigenvalue weighted by Crippen LogP contribution is -2.33. The summed E-state index contributed by atoms with van der Waals surface area (Å²) in [7, 11) is 0. The number of nitrogens with two attached hydrogens (primary N) is 1. The summed E-state index contributed by atoms with van der Waals surface area (Å²) in [5.74, 6) is 1.29. The minimum absolute atomic E-state index is 0.0307. The van der Waals surface area contributed by atoms with Gasteiger partial charge >= 0.3 is 0 Å². The zero-order valence-electron chi connectivity index (χ0n) is 15.1. The van der Waals surface area contributed by atoms with Crippen LogP contribution in [0.4, 0.5) is 0 Å². The molecule has 0 amide bonds. The molecule has 1 saturated carbocycles. The third-order valence-electron chi connectivity index (χ3n) is 4.79. The maximum atomic E-state index is 8.36. The molecule has 0 saturated heterocycles. The lowest BCUT2D eigenvalue weighted by molar-refractivity contribution is -0.122. The molecule has 0 aliphatic heterocycles. The third kappa shape index (κ3) is 3.41. The number of hydrogen-bond acceptors (Lipinski definition) is 6. The largest absolute Gasteiger partial charge is 0.483 e. The second-order valence-electron chi connectivity index (χ2n) is 6.59. The summed E-state index contributed by atoms with van der Waals surface area (Å²) in [5, 5.41) is 12.5. The highest BCUT2D eigenvalue weighted by Crippen LogP contribution is 2.29. The maximum absolute atomic E-state index is 8.36. The molecule has 144 valence electrons. The van der Waals surface area contributed by atoms with Crippen LogP contribution >= 0.6 is 0 Å². The first-order chi connectivity index (χ1) is 13.7. The minimum atomic E-state index is -0.250. The molecular formula is C20H20N4O4. The topological polar surface area (TPSA) is 116 Å². The first-order valence-electron chi connectivity index (χ1n) is 9.03. The van der Waals surface area contributed by atoms with E-state index in [1.165, 1.54) is 0 Å². The predicted molar refractivity (Wildman–Crippen MR) is 103 cm³/mol. The van der Waals surface area contributed by atoms with Crippen LogP contribution in [0.1, 0.15) is 19.3 Å². The molecule has 3 N–H and O–H groups in total. The van der Waals surface area contributed by atoms with Crippen molar-refractivity contribution < 1.29 is 19.1 Å². The number of aromatic nitrogens is 3. The Hall–Kier alpha value is -3.39. The van der Waals surface area contributed by atoms with Crippen molar-refractivity contribution in [2.75, 3.05) is 0 Å². The average Bonchev–Trinajstić information content (AvgIpc) is 3.40. The molecule has 3 aromatic heterocycles. The molecule has 1 aromatic carbocycles. The third-order valence-corrected chi connectivity index (χ3v) is 4.79. The fourth-order valence-electron chi connectivity index (χ4n) is 3.45. The number of fused-ring (bicyclic) bond motifs is 2. The van der Waals surface area contributed by atoms with Gasteiger partial charge in [-0.2, -0.15) is 0 Å². The van der Waals surface area contributed by atoms with Crippen molar-refractivity contribution in [3.63, 3.8) is 0 Å². The molecule has 0 spiro atoms. The van der Waals surface area contributed by atoms with Gasteiger partial charge in [-0.1, -0.05) is 18.2 Å². The van der Waals surface area contributed by atoms with E-state index in [0.29, 0.717) is 5.88 Å². The van der Waals surface area contributed by atoms with Crippen LogP contribution in [0.5, 0.6) is 5.88 Å². The van der Waals surface area contributed by atoms with Crippen molar-refractivity contribution in [3.05, 3.63) is 48.7 Å². The van der Waals surface area contributed by atoms with E-state index in [0.717, 1.165) is 47.3 Å². The highest BCUT2D eigenvalue weighted by molar-refractivity contribution is 5.82. The van der Waals surface area contributed by atoms with Crippen LogP contribution in [-0.4, -0.2) is 38.3 Å². The predicted octanol–water partition coefficient (Wildman–Crippen LogP) is 3.10. The second kappa shape index (κ2) is 7.69. The smallest absolute Gasteiger partial charge is 0.290 e. The SMILES string of the molecule is N[C@H]1CCC[C@H]1Oc1ccc2ncc(-c3cc4ccccc4o3)n2n1.O=CO. The number of imidazole rings is 1. The van der Waals surface area contributed by atoms with Crippen LogP contribution in [-0.2, 0) is 4.79 Å². The van der Waals surface area contributed by atoms with Crippen molar-refractivity contribution in [2.45, 2.75) is 31.4 Å². The van der Waals surface area contributed by atoms with Crippen LogP contribution in [0.2, 0.25) is 0 Å². The van der Waals surface area contributed by atoms with Crippen molar-refractivity contribution in [1.82, 2.24) is 14.6 Å². The van der Waals surface area contributed by atoms with Gasteiger partial charge in [-0.25, -0.2) is 9.50 Å². The summed E-state index contributed by atoms with van der Waals surface area (Å²) in [6.07, 6.45) is 4.88. The number of hydrogen-bond donors (Lipinski definition) is 2. The number of furan rings is 1.